The van der Waals surface area contributed by atoms with Crippen molar-refractivity contribution in [3.8, 4) is 5.75 Å². The molecule has 0 saturated heterocycles. The molecule has 0 amide bonds. The highest BCUT2D eigenvalue weighted by Crippen LogP contribution is 2.38. The first-order valence-corrected chi connectivity index (χ1v) is 17.6. The molecule has 2 N–H and O–H groups in total. The molecule has 0 atom stereocenters. The molecular formula is C30H26NO11PS2. The number of anilines is 1. The lowest BCUT2D eigenvalue weighted by Gasteiger charge is -2.24. The second-order valence-corrected chi connectivity index (χ2v) is 15.0. The summed E-state index contributed by atoms with van der Waals surface area (Å²) in [6, 6.07) is 22.7. The molecule has 1 heterocycles. The van der Waals surface area contributed by atoms with E-state index in [1.807, 2.05) is 0 Å². The van der Waals surface area contributed by atoms with Crippen LogP contribution < -0.4 is 14.2 Å². The van der Waals surface area contributed by atoms with Crippen molar-refractivity contribution >= 4 is 44.5 Å². The van der Waals surface area contributed by atoms with Gasteiger partial charge in [-0.25, -0.2) is 26.2 Å². The first kappa shape index (κ1) is 32.1. The van der Waals surface area contributed by atoms with Crippen molar-refractivity contribution in [2.24, 2.45) is 0 Å². The summed E-state index contributed by atoms with van der Waals surface area (Å²) >= 11 is 0. The maximum Gasteiger partial charge on any atom is 0.505 e. The van der Waals surface area contributed by atoms with Gasteiger partial charge in [0.2, 0.25) is 0 Å². The normalized spacial score (nSPS) is 12.3. The van der Waals surface area contributed by atoms with Crippen LogP contribution in [0.5, 0.6) is 5.75 Å². The maximum absolute atomic E-state index is 14.0. The van der Waals surface area contributed by atoms with Gasteiger partial charge in [-0.15, -0.1) is 0 Å². The van der Waals surface area contributed by atoms with Crippen LogP contribution in [0.2, 0.25) is 0 Å². The van der Waals surface area contributed by atoms with Crippen molar-refractivity contribution in [2.75, 3.05) is 3.71 Å². The third-order valence-corrected chi connectivity index (χ3v) is 11.1. The lowest BCUT2D eigenvalue weighted by molar-refractivity contribution is -0.123. The topological polar surface area (TPSA) is 178 Å². The molecule has 1 aromatic heterocycles. The van der Waals surface area contributed by atoms with Gasteiger partial charge in [0.15, 0.2) is 5.75 Å². The lowest BCUT2D eigenvalue weighted by Crippen LogP contribution is -2.37. The highest BCUT2D eigenvalue weighted by atomic mass is 32.3. The highest BCUT2D eigenvalue weighted by Gasteiger charge is 2.37. The summed E-state index contributed by atoms with van der Waals surface area (Å²) in [6.07, 6.45) is -0.143. The Hall–Kier alpha value is -4.30. The summed E-state index contributed by atoms with van der Waals surface area (Å²) in [5.74, 6) is -0.0753. The number of fused-ring (bicyclic) bond motifs is 1. The van der Waals surface area contributed by atoms with Crippen LogP contribution in [0.1, 0.15) is 22.3 Å². The summed E-state index contributed by atoms with van der Waals surface area (Å²) in [6.45, 7) is 3.53. The molecule has 0 aliphatic carbocycles. The van der Waals surface area contributed by atoms with E-state index in [9.17, 15) is 26.2 Å². The number of aryl methyl sites for hydroxylation is 2. The number of sulfonamides is 2. The number of hydrogen-bond donors (Lipinski definition) is 2. The van der Waals surface area contributed by atoms with Crippen molar-refractivity contribution in [1.29, 1.82) is 0 Å². The van der Waals surface area contributed by atoms with Crippen molar-refractivity contribution in [3.05, 3.63) is 130 Å². The average molecular weight is 672 g/mol. The molecule has 45 heavy (non-hydrogen) atoms. The zero-order chi connectivity index (χ0) is 32.6. The number of phosphoric acid groups is 1. The zero-order valence-corrected chi connectivity index (χ0v) is 26.3. The van der Waals surface area contributed by atoms with Crippen molar-refractivity contribution in [3.63, 3.8) is 0 Å². The van der Waals surface area contributed by atoms with Gasteiger partial charge in [-0.1, -0.05) is 58.3 Å². The van der Waals surface area contributed by atoms with E-state index < -0.39 is 33.5 Å². The van der Waals surface area contributed by atoms with Gasteiger partial charge in [0.1, 0.15) is 5.58 Å². The molecular weight excluding hydrogens is 645 g/mol. The fourth-order valence-electron chi connectivity index (χ4n) is 4.43. The molecule has 0 unspecified atom stereocenters. The Morgan fingerprint density at radius 2 is 1.31 bits per heavy atom. The van der Waals surface area contributed by atoms with Gasteiger partial charge in [-0.05, 0) is 68.4 Å². The van der Waals surface area contributed by atoms with E-state index in [0.717, 1.165) is 11.1 Å². The van der Waals surface area contributed by atoms with Crippen LogP contribution in [0.15, 0.2) is 116 Å². The minimum absolute atomic E-state index is 0.0567. The van der Waals surface area contributed by atoms with Gasteiger partial charge >= 0.3 is 13.4 Å². The van der Waals surface area contributed by atoms with Crippen LogP contribution >= 0.6 is 7.82 Å². The van der Waals surface area contributed by atoms with Crippen LogP contribution in [-0.4, -0.2) is 26.6 Å². The Bertz CT molecular complexity index is 2130. The number of para-hydroxylation sites is 1. The second-order valence-electron chi connectivity index (χ2n) is 10.0. The monoisotopic (exact) mass is 671 g/mol. The fraction of sp³-hybridized carbons (Fsp3) is 0.100. The van der Waals surface area contributed by atoms with Crippen molar-refractivity contribution in [2.45, 2.75) is 30.1 Å². The molecule has 234 valence electrons. The molecule has 0 aliphatic rings. The average Bonchev–Trinajstić information content (AvgIpc) is 2.97. The van der Waals surface area contributed by atoms with Gasteiger partial charge in [-0.3, -0.25) is 0 Å². The molecule has 0 radical (unpaired) electrons. The van der Waals surface area contributed by atoms with E-state index in [2.05, 4.69) is 4.67 Å². The number of rotatable bonds is 10. The van der Waals surface area contributed by atoms with Crippen LogP contribution in [-0.2, 0) is 35.7 Å². The maximum atomic E-state index is 14.0. The first-order valence-electron chi connectivity index (χ1n) is 13.2. The molecule has 4 aromatic carbocycles. The van der Waals surface area contributed by atoms with Crippen LogP contribution in [0.3, 0.4) is 0 Å². The van der Waals surface area contributed by atoms with E-state index in [1.165, 1.54) is 66.7 Å². The molecule has 5 rings (SSSR count). The van der Waals surface area contributed by atoms with Gasteiger partial charge in [-0.2, -0.15) is 3.71 Å². The van der Waals surface area contributed by atoms with E-state index in [1.54, 1.807) is 44.2 Å². The summed E-state index contributed by atoms with van der Waals surface area (Å²) in [5.41, 5.74) is 0.980. The minimum atomic E-state index is -4.97. The largest absolute Gasteiger partial charge is 0.505 e. The van der Waals surface area contributed by atoms with E-state index in [-0.39, 0.29) is 44.2 Å². The summed E-state index contributed by atoms with van der Waals surface area (Å²) in [5, 5.41) is 0.204. The molecule has 0 bridgehead atoms. The SMILES string of the molecule is Cc1ccc(S(=O)(=O)N(c2ccc3oc(=O)c(Cc4ccccc4OOP(=O)(O)O)cc3c2)S(=O)(=O)c2ccc(C)cc2)cc1. The number of benzene rings is 4. The van der Waals surface area contributed by atoms with E-state index in [0.29, 0.717) is 9.27 Å². The highest BCUT2D eigenvalue weighted by molar-refractivity contribution is 8.10. The smallest absolute Gasteiger partial charge is 0.423 e. The molecule has 0 saturated carbocycles. The summed E-state index contributed by atoms with van der Waals surface area (Å²) in [7, 11) is -14.3. The third-order valence-electron chi connectivity index (χ3n) is 6.65. The van der Waals surface area contributed by atoms with E-state index >= 15 is 0 Å². The standard InChI is InChI=1S/C30H26NO11PS2/c1-20-7-12-26(13-8-20)44(36,37)31(45(38,39)27-14-9-21(2)10-15-27)25-11-16-28-23(19-25)18-24(30(32)40-28)17-22-5-3-4-6-29(22)41-42-43(33,34)35/h3-16,18-19H,17H2,1-2H3,(H2,33,34,35). The van der Waals surface area contributed by atoms with Crippen molar-refractivity contribution in [1.82, 2.24) is 0 Å². The summed E-state index contributed by atoms with van der Waals surface area (Å²) < 4.78 is 77.0. The number of nitrogens with zero attached hydrogens (tertiary/aromatic N) is 1. The van der Waals surface area contributed by atoms with Gasteiger partial charge in [0, 0.05) is 22.9 Å². The summed E-state index contributed by atoms with van der Waals surface area (Å²) in [4.78, 5) is 35.1. The van der Waals surface area contributed by atoms with Gasteiger partial charge in [0.25, 0.3) is 20.0 Å². The molecule has 0 spiro atoms. The molecule has 0 fully saturated rings. The van der Waals surface area contributed by atoms with E-state index in [4.69, 9.17) is 19.1 Å². The van der Waals surface area contributed by atoms with Crippen LogP contribution in [0.25, 0.3) is 11.0 Å². The number of hydrogen-bond acceptors (Lipinski definition) is 9. The Kier molecular flexibility index (Phi) is 8.73. The van der Waals surface area contributed by atoms with Gasteiger partial charge < -0.3 is 19.1 Å². The van der Waals surface area contributed by atoms with Crippen molar-refractivity contribution < 1.29 is 45.2 Å². The third kappa shape index (κ3) is 7.01. The molecule has 5 aromatic rings. The fourth-order valence-corrected chi connectivity index (χ4v) is 8.29. The predicted octanol–water partition coefficient (Wildman–Crippen LogP) is 4.99. The minimum Gasteiger partial charge on any atom is -0.423 e. The Morgan fingerprint density at radius 3 is 1.87 bits per heavy atom. The molecule has 15 heteroatoms. The predicted molar refractivity (Wildman–Crippen MR) is 165 cm³/mol. The quantitative estimate of drug-likeness (QED) is 0.0885. The molecule has 0 aliphatic heterocycles. The second kappa shape index (κ2) is 12.2. The lowest BCUT2D eigenvalue weighted by atomic mass is 10.0. The van der Waals surface area contributed by atoms with Crippen LogP contribution in [0, 0.1) is 13.8 Å². The zero-order valence-electron chi connectivity index (χ0n) is 23.7. The first-order chi connectivity index (χ1) is 21.1. The van der Waals surface area contributed by atoms with Gasteiger partial charge in [0.05, 0.1) is 15.5 Å². The Morgan fingerprint density at radius 1 is 0.756 bits per heavy atom. The Labute approximate surface area is 258 Å². The Balaban J connectivity index is 1.63. The molecule has 12 nitrogen and oxygen atoms in total. The van der Waals surface area contributed by atoms with Crippen LogP contribution in [0.4, 0.5) is 5.69 Å².